The number of carbonyl (C=O) groups is 2. The molecule has 1 unspecified atom stereocenters. The van der Waals surface area contributed by atoms with Gasteiger partial charge in [-0.2, -0.15) is 0 Å². The van der Waals surface area contributed by atoms with Crippen LogP contribution in [0.4, 0.5) is 32.0 Å². The number of nitrogens with zero attached hydrogens (tertiary/aromatic N) is 1. The molecule has 2 aromatic rings. The molecule has 1 aliphatic heterocycles. The highest BCUT2D eigenvalue weighted by molar-refractivity contribution is 6.33. The fourth-order valence-electron chi connectivity index (χ4n) is 3.67. The highest BCUT2D eigenvalue weighted by Crippen LogP contribution is 2.38. The average molecular weight is 525 g/mol. The number of para-hydroxylation sites is 1. The van der Waals surface area contributed by atoms with E-state index in [9.17, 15) is 35.9 Å². The van der Waals surface area contributed by atoms with Gasteiger partial charge in [0, 0.05) is 23.4 Å². The summed E-state index contributed by atoms with van der Waals surface area (Å²) in [6.07, 6.45) is -8.56. The lowest BCUT2D eigenvalue weighted by molar-refractivity contribution is -0.322. The molecule has 2 amide bonds. The second-order valence-corrected chi connectivity index (χ2v) is 7.97. The van der Waals surface area contributed by atoms with Gasteiger partial charge in [0.2, 0.25) is 11.8 Å². The number of amides is 2. The molecule has 0 aliphatic carbocycles. The number of benzene rings is 2. The van der Waals surface area contributed by atoms with E-state index in [0.29, 0.717) is 12.8 Å². The number of halogens is 7. The normalized spacial score (nSPS) is 16.7. The highest BCUT2D eigenvalue weighted by Gasteiger charge is 2.36. The minimum Gasteiger partial charge on any atom is -0.405 e. The molecule has 190 valence electrons. The number of ether oxygens (including phenoxy) is 2. The molecule has 1 atom stereocenters. The number of nitrogens with one attached hydrogen (secondary N) is 1. The molecule has 0 aromatic heterocycles. The molecule has 6 nitrogen and oxygen atoms in total. The van der Waals surface area contributed by atoms with Gasteiger partial charge < -0.3 is 15.0 Å². The zero-order valence-electron chi connectivity index (χ0n) is 17.9. The number of anilines is 1. The highest BCUT2D eigenvalue weighted by atomic mass is 35.5. The van der Waals surface area contributed by atoms with E-state index in [1.54, 1.807) is 0 Å². The van der Waals surface area contributed by atoms with E-state index in [-0.39, 0.29) is 34.8 Å². The predicted octanol–water partition coefficient (Wildman–Crippen LogP) is 5.76. The molecule has 1 N–H and O–H groups in total. The van der Waals surface area contributed by atoms with Crippen LogP contribution in [0.2, 0.25) is 5.02 Å². The summed E-state index contributed by atoms with van der Waals surface area (Å²) in [6.45, 7) is -1.15. The quantitative estimate of drug-likeness (QED) is 0.488. The topological polar surface area (TPSA) is 67.9 Å². The zero-order valence-corrected chi connectivity index (χ0v) is 18.6. The van der Waals surface area contributed by atoms with Crippen molar-refractivity contribution in [1.82, 2.24) is 4.90 Å². The summed E-state index contributed by atoms with van der Waals surface area (Å²) in [6, 6.07) is 8.45. The summed E-state index contributed by atoms with van der Waals surface area (Å²) in [5, 5.41) is 2.56. The minimum absolute atomic E-state index is 0.0104. The van der Waals surface area contributed by atoms with Crippen molar-refractivity contribution in [2.75, 3.05) is 18.5 Å². The van der Waals surface area contributed by atoms with Crippen molar-refractivity contribution < 1.29 is 45.4 Å². The van der Waals surface area contributed by atoms with Crippen LogP contribution < -0.4 is 10.1 Å². The first kappa shape index (κ1) is 26.6. The van der Waals surface area contributed by atoms with Gasteiger partial charge in [-0.1, -0.05) is 35.9 Å². The molecule has 0 spiro atoms. The monoisotopic (exact) mass is 524 g/mol. The van der Waals surface area contributed by atoms with E-state index in [4.69, 9.17) is 11.6 Å². The van der Waals surface area contributed by atoms with Gasteiger partial charge in [0.15, 0.2) is 0 Å². The van der Waals surface area contributed by atoms with Crippen molar-refractivity contribution in [2.24, 2.45) is 0 Å². The van der Waals surface area contributed by atoms with Crippen LogP contribution in [0.15, 0.2) is 42.5 Å². The zero-order chi connectivity index (χ0) is 25.8. The SMILES string of the molecule is O=C(Nc1ccc(-c2ccccc2OC(F)(F)F)c(Cl)c1)C1CCCCN1C(=O)COC(F)(F)F. The van der Waals surface area contributed by atoms with Crippen molar-refractivity contribution in [3.63, 3.8) is 0 Å². The lowest BCUT2D eigenvalue weighted by Gasteiger charge is -2.34. The lowest BCUT2D eigenvalue weighted by atomic mass is 10.0. The maximum absolute atomic E-state index is 12.8. The maximum Gasteiger partial charge on any atom is 0.573 e. The summed E-state index contributed by atoms with van der Waals surface area (Å²) in [7, 11) is 0. The Morgan fingerprint density at radius 2 is 1.71 bits per heavy atom. The Hall–Kier alpha value is -2.99. The molecule has 1 saturated heterocycles. The Balaban J connectivity index is 1.75. The number of hydrogen-bond acceptors (Lipinski definition) is 4. The van der Waals surface area contributed by atoms with Crippen molar-refractivity contribution in [3.05, 3.63) is 47.5 Å². The first-order chi connectivity index (χ1) is 16.3. The average Bonchev–Trinajstić information content (AvgIpc) is 2.77. The molecule has 0 saturated carbocycles. The number of likely N-dealkylation sites (tertiary alicyclic amines) is 1. The van der Waals surface area contributed by atoms with Gasteiger partial charge in [-0.3, -0.25) is 14.3 Å². The second kappa shape index (κ2) is 10.7. The number of carbonyl (C=O) groups excluding carboxylic acids is 2. The van der Waals surface area contributed by atoms with E-state index in [1.165, 1.54) is 36.4 Å². The van der Waals surface area contributed by atoms with Crippen molar-refractivity contribution >= 4 is 29.1 Å². The third kappa shape index (κ3) is 7.49. The fraction of sp³-hybridized carbons (Fsp3) is 0.364. The summed E-state index contributed by atoms with van der Waals surface area (Å²) in [5.41, 5.74) is 0.465. The predicted molar refractivity (Wildman–Crippen MR) is 114 cm³/mol. The molecular weight excluding hydrogens is 506 g/mol. The molecule has 35 heavy (non-hydrogen) atoms. The number of rotatable bonds is 6. The standard InChI is InChI=1S/C22H19ClF6N2O4/c23-16-11-13(8-9-14(16)15-5-1-2-7-18(15)35-22(27,28)29)30-20(33)17-6-3-4-10-31(17)19(32)12-34-21(24,25)26/h1-2,5,7-9,11,17H,3-4,6,10,12H2,(H,30,33). The van der Waals surface area contributed by atoms with E-state index in [2.05, 4.69) is 14.8 Å². The molecule has 1 heterocycles. The van der Waals surface area contributed by atoms with E-state index < -0.39 is 42.9 Å². The van der Waals surface area contributed by atoms with Gasteiger partial charge >= 0.3 is 12.7 Å². The van der Waals surface area contributed by atoms with E-state index in [0.717, 1.165) is 11.0 Å². The van der Waals surface area contributed by atoms with E-state index in [1.807, 2.05) is 0 Å². The largest absolute Gasteiger partial charge is 0.573 e. The summed E-state index contributed by atoms with van der Waals surface area (Å²) >= 11 is 6.26. The van der Waals surface area contributed by atoms with Crippen LogP contribution in [0.25, 0.3) is 11.1 Å². The molecule has 1 aliphatic rings. The van der Waals surface area contributed by atoms with Crippen LogP contribution >= 0.6 is 11.6 Å². The summed E-state index contributed by atoms with van der Waals surface area (Å²) in [5.74, 6) is -2.08. The Labute approximate surface area is 200 Å². The molecule has 0 radical (unpaired) electrons. The van der Waals surface area contributed by atoms with Crippen LogP contribution in [-0.2, 0) is 14.3 Å². The number of alkyl halides is 6. The van der Waals surface area contributed by atoms with Gasteiger partial charge in [0.05, 0.1) is 5.02 Å². The van der Waals surface area contributed by atoms with Crippen molar-refractivity contribution in [1.29, 1.82) is 0 Å². The molecule has 13 heteroatoms. The maximum atomic E-state index is 12.8. The Morgan fingerprint density at radius 3 is 2.37 bits per heavy atom. The molecule has 3 rings (SSSR count). The number of hydrogen-bond donors (Lipinski definition) is 1. The lowest BCUT2D eigenvalue weighted by Crippen LogP contribution is -2.51. The number of piperidine rings is 1. The second-order valence-electron chi connectivity index (χ2n) is 7.56. The van der Waals surface area contributed by atoms with Crippen molar-refractivity contribution in [3.8, 4) is 16.9 Å². The van der Waals surface area contributed by atoms with Crippen LogP contribution in [0.5, 0.6) is 5.75 Å². The smallest absolute Gasteiger partial charge is 0.405 e. The van der Waals surface area contributed by atoms with Crippen LogP contribution in [0, 0.1) is 0 Å². The molecule has 2 aromatic carbocycles. The van der Waals surface area contributed by atoms with Gasteiger partial charge in [0.25, 0.3) is 0 Å². The minimum atomic E-state index is -4.98. The van der Waals surface area contributed by atoms with E-state index >= 15 is 0 Å². The third-order valence-electron chi connectivity index (χ3n) is 5.12. The Kier molecular flexibility index (Phi) is 8.16. The molecular formula is C22H19ClF6N2O4. The molecule has 0 bridgehead atoms. The van der Waals surface area contributed by atoms with Gasteiger partial charge in [0.1, 0.15) is 18.4 Å². The Bertz CT molecular complexity index is 1080. The summed E-state index contributed by atoms with van der Waals surface area (Å²) < 4.78 is 82.6. The summed E-state index contributed by atoms with van der Waals surface area (Å²) in [4.78, 5) is 26.0. The van der Waals surface area contributed by atoms with Gasteiger partial charge in [-0.25, -0.2) is 0 Å². The van der Waals surface area contributed by atoms with Gasteiger partial charge in [-0.15, -0.1) is 26.3 Å². The van der Waals surface area contributed by atoms with Crippen LogP contribution in [0.3, 0.4) is 0 Å². The first-order valence-corrected chi connectivity index (χ1v) is 10.7. The fourth-order valence-corrected chi connectivity index (χ4v) is 3.95. The Morgan fingerprint density at radius 1 is 1.00 bits per heavy atom. The molecule has 1 fully saturated rings. The first-order valence-electron chi connectivity index (χ1n) is 10.3. The van der Waals surface area contributed by atoms with Crippen LogP contribution in [-0.4, -0.2) is 48.6 Å². The third-order valence-corrected chi connectivity index (χ3v) is 5.44. The van der Waals surface area contributed by atoms with Crippen LogP contribution in [0.1, 0.15) is 19.3 Å². The van der Waals surface area contributed by atoms with Gasteiger partial charge in [-0.05, 0) is 37.5 Å². The van der Waals surface area contributed by atoms with Crippen molar-refractivity contribution in [2.45, 2.75) is 38.0 Å².